The average Bonchev–Trinajstić information content (AvgIpc) is 2.94. The molecule has 1 amide bonds. The molecular weight excluding hydrogens is 430 g/mol. The van der Waals surface area contributed by atoms with E-state index in [0.717, 1.165) is 42.2 Å². The van der Waals surface area contributed by atoms with Crippen molar-refractivity contribution in [3.63, 3.8) is 0 Å². The number of fused-ring (bicyclic) bond motifs is 2. The number of rotatable bonds is 4. The lowest BCUT2D eigenvalue weighted by Crippen LogP contribution is -2.37. The van der Waals surface area contributed by atoms with Gasteiger partial charge in [0.1, 0.15) is 0 Å². The zero-order valence-corrected chi connectivity index (χ0v) is 19.4. The third-order valence-corrected chi connectivity index (χ3v) is 7.22. The molecule has 0 unspecified atom stereocenters. The highest BCUT2D eigenvalue weighted by molar-refractivity contribution is 7.99. The topological polar surface area (TPSA) is 68.5 Å². The van der Waals surface area contributed by atoms with Crippen molar-refractivity contribution in [2.75, 3.05) is 32.0 Å². The Morgan fingerprint density at radius 2 is 2.03 bits per heavy atom. The number of amides is 1. The van der Waals surface area contributed by atoms with Crippen molar-refractivity contribution in [3.8, 4) is 0 Å². The van der Waals surface area contributed by atoms with Crippen molar-refractivity contribution in [1.82, 2.24) is 9.88 Å². The molecule has 1 fully saturated rings. The molecule has 31 heavy (non-hydrogen) atoms. The number of nitrogens with zero attached hydrogens (tertiary/aromatic N) is 2. The Balaban J connectivity index is 1.78. The van der Waals surface area contributed by atoms with E-state index in [1.165, 1.54) is 32.7 Å². The minimum Gasteiger partial charge on any atom is -0.450 e. The van der Waals surface area contributed by atoms with Gasteiger partial charge in [0.25, 0.3) is 0 Å². The third kappa shape index (κ3) is 4.76. The second kappa shape index (κ2) is 10.1. The van der Waals surface area contributed by atoms with Crippen molar-refractivity contribution in [2.45, 2.75) is 37.5 Å². The highest BCUT2D eigenvalue weighted by Crippen LogP contribution is 2.41. The van der Waals surface area contributed by atoms with Crippen LogP contribution >= 0.6 is 23.4 Å². The number of halogens is 1. The fourth-order valence-corrected chi connectivity index (χ4v) is 5.48. The van der Waals surface area contributed by atoms with Crippen LogP contribution in [0.1, 0.15) is 42.1 Å². The summed E-state index contributed by atoms with van der Waals surface area (Å²) in [4.78, 5) is 20.1. The van der Waals surface area contributed by atoms with Crippen LogP contribution in [-0.4, -0.2) is 48.0 Å². The SMILES string of the molecule is CCOC(=O)N1CCC(=C2c3ccc(Cl)cc3CCc3c(SCCN)ccnc32)CC1. The highest BCUT2D eigenvalue weighted by Gasteiger charge is 2.28. The number of carbonyl (C=O) groups excluding carboxylic acids is 1. The quantitative estimate of drug-likeness (QED) is 0.658. The van der Waals surface area contributed by atoms with Gasteiger partial charge in [0.2, 0.25) is 0 Å². The van der Waals surface area contributed by atoms with Gasteiger partial charge in [-0.3, -0.25) is 4.98 Å². The Hall–Kier alpha value is -2.02. The molecule has 0 radical (unpaired) electrons. The van der Waals surface area contributed by atoms with Crippen LogP contribution in [0, 0.1) is 0 Å². The molecule has 1 aromatic heterocycles. The zero-order valence-electron chi connectivity index (χ0n) is 17.8. The number of hydrogen-bond acceptors (Lipinski definition) is 5. The first-order chi connectivity index (χ1) is 15.1. The highest BCUT2D eigenvalue weighted by atomic mass is 35.5. The molecule has 0 saturated carbocycles. The molecule has 0 spiro atoms. The van der Waals surface area contributed by atoms with Gasteiger partial charge in [0.05, 0.1) is 12.3 Å². The third-order valence-electron chi connectivity index (χ3n) is 5.85. The number of carbonyl (C=O) groups is 1. The summed E-state index contributed by atoms with van der Waals surface area (Å²) in [6.07, 6.45) is 5.17. The van der Waals surface area contributed by atoms with E-state index in [2.05, 4.69) is 18.2 Å². The largest absolute Gasteiger partial charge is 0.450 e. The van der Waals surface area contributed by atoms with Crippen LogP contribution in [0.25, 0.3) is 5.57 Å². The monoisotopic (exact) mass is 457 g/mol. The number of pyridine rings is 1. The molecule has 5 nitrogen and oxygen atoms in total. The number of nitrogens with two attached hydrogens (primary N) is 1. The van der Waals surface area contributed by atoms with Crippen molar-refractivity contribution >= 4 is 35.0 Å². The standard InChI is InChI=1S/C24H28ClN3O2S/c1-2-30-24(29)28-12-8-16(9-13-28)22-19-6-4-18(25)15-17(19)3-5-20-21(31-14-10-26)7-11-27-23(20)22/h4,6-7,11,15H,2-3,5,8-10,12-14,26H2,1H3. The molecule has 7 heteroatoms. The number of ether oxygens (including phenoxy) is 1. The van der Waals surface area contributed by atoms with Gasteiger partial charge in [-0.2, -0.15) is 0 Å². The van der Waals surface area contributed by atoms with Gasteiger partial charge < -0.3 is 15.4 Å². The summed E-state index contributed by atoms with van der Waals surface area (Å²) in [5.41, 5.74) is 13.2. The van der Waals surface area contributed by atoms with E-state index in [4.69, 9.17) is 27.1 Å². The predicted octanol–water partition coefficient (Wildman–Crippen LogP) is 4.94. The van der Waals surface area contributed by atoms with Crippen molar-refractivity contribution in [2.24, 2.45) is 5.73 Å². The fourth-order valence-electron chi connectivity index (χ4n) is 4.42. The van der Waals surface area contributed by atoms with E-state index in [1.807, 2.05) is 19.2 Å². The first-order valence-electron chi connectivity index (χ1n) is 10.9. The number of thioether (sulfide) groups is 1. The lowest BCUT2D eigenvalue weighted by molar-refractivity contribution is 0.104. The summed E-state index contributed by atoms with van der Waals surface area (Å²) >= 11 is 8.15. The van der Waals surface area contributed by atoms with Crippen LogP contribution in [0.4, 0.5) is 4.79 Å². The van der Waals surface area contributed by atoms with Gasteiger partial charge in [-0.1, -0.05) is 23.2 Å². The number of aromatic nitrogens is 1. The first-order valence-corrected chi connectivity index (χ1v) is 12.2. The molecule has 0 bridgehead atoms. The van der Waals surface area contributed by atoms with Gasteiger partial charge in [0, 0.05) is 47.1 Å². The van der Waals surface area contributed by atoms with Gasteiger partial charge in [-0.25, -0.2) is 4.79 Å². The predicted molar refractivity (Wildman–Crippen MR) is 127 cm³/mol. The Kier molecular flexibility index (Phi) is 7.20. The van der Waals surface area contributed by atoms with Crippen molar-refractivity contribution in [3.05, 3.63) is 63.4 Å². The number of piperidine rings is 1. The molecule has 1 saturated heterocycles. The van der Waals surface area contributed by atoms with Gasteiger partial charge >= 0.3 is 6.09 Å². The normalized spacial score (nSPS) is 15.9. The number of aryl methyl sites for hydroxylation is 1. The second-order valence-electron chi connectivity index (χ2n) is 7.74. The molecule has 2 N–H and O–H groups in total. The molecule has 1 aromatic carbocycles. The maximum atomic E-state index is 12.2. The number of hydrogen-bond donors (Lipinski definition) is 1. The van der Waals surface area contributed by atoms with Crippen LogP contribution in [0.2, 0.25) is 5.02 Å². The molecule has 2 heterocycles. The molecular formula is C24H28ClN3O2S. The van der Waals surface area contributed by atoms with Gasteiger partial charge in [-0.15, -0.1) is 11.8 Å². The zero-order chi connectivity index (χ0) is 21.8. The Morgan fingerprint density at radius 3 is 2.77 bits per heavy atom. The van der Waals surface area contributed by atoms with E-state index in [1.54, 1.807) is 16.7 Å². The Labute approximate surface area is 193 Å². The Bertz CT molecular complexity index is 998. The van der Waals surface area contributed by atoms with E-state index < -0.39 is 0 Å². The van der Waals surface area contributed by atoms with Crippen LogP contribution in [0.5, 0.6) is 0 Å². The van der Waals surface area contributed by atoms with Crippen molar-refractivity contribution in [1.29, 1.82) is 0 Å². The van der Waals surface area contributed by atoms with Crippen LogP contribution in [0.3, 0.4) is 0 Å². The van der Waals surface area contributed by atoms with E-state index in [-0.39, 0.29) is 6.09 Å². The van der Waals surface area contributed by atoms with E-state index in [0.29, 0.717) is 26.2 Å². The molecule has 4 rings (SSSR count). The summed E-state index contributed by atoms with van der Waals surface area (Å²) in [5, 5.41) is 0.761. The first kappa shape index (κ1) is 22.2. The smallest absolute Gasteiger partial charge is 0.409 e. The molecule has 2 aliphatic rings. The molecule has 2 aromatic rings. The van der Waals surface area contributed by atoms with Crippen LogP contribution in [-0.2, 0) is 17.6 Å². The van der Waals surface area contributed by atoms with E-state index in [9.17, 15) is 4.79 Å². The average molecular weight is 458 g/mol. The molecule has 1 aliphatic carbocycles. The minimum absolute atomic E-state index is 0.224. The lowest BCUT2D eigenvalue weighted by atomic mass is 9.88. The van der Waals surface area contributed by atoms with Crippen molar-refractivity contribution < 1.29 is 9.53 Å². The molecule has 164 valence electrons. The minimum atomic E-state index is -0.224. The summed E-state index contributed by atoms with van der Waals surface area (Å²) in [6.45, 7) is 4.22. The number of likely N-dealkylation sites (tertiary alicyclic amines) is 1. The Morgan fingerprint density at radius 1 is 1.23 bits per heavy atom. The lowest BCUT2D eigenvalue weighted by Gasteiger charge is -2.29. The summed E-state index contributed by atoms with van der Waals surface area (Å²) in [7, 11) is 0. The maximum Gasteiger partial charge on any atom is 0.409 e. The maximum absolute atomic E-state index is 12.2. The second-order valence-corrected chi connectivity index (χ2v) is 9.31. The fraction of sp³-hybridized carbons (Fsp3) is 0.417. The van der Waals surface area contributed by atoms with E-state index >= 15 is 0 Å². The van der Waals surface area contributed by atoms with Crippen LogP contribution in [0.15, 0.2) is 40.9 Å². The molecule has 1 aliphatic heterocycles. The summed E-state index contributed by atoms with van der Waals surface area (Å²) < 4.78 is 5.19. The van der Waals surface area contributed by atoms with Gasteiger partial charge in [-0.05, 0) is 67.5 Å². The number of benzene rings is 1. The molecule has 0 atom stereocenters. The van der Waals surface area contributed by atoms with Gasteiger partial charge in [0.15, 0.2) is 0 Å². The summed E-state index contributed by atoms with van der Waals surface area (Å²) in [5.74, 6) is 0.885. The summed E-state index contributed by atoms with van der Waals surface area (Å²) in [6, 6.07) is 8.29. The van der Waals surface area contributed by atoms with Crippen LogP contribution < -0.4 is 5.73 Å².